The first kappa shape index (κ1) is 12.0. The zero-order valence-corrected chi connectivity index (χ0v) is 11.2. The molecule has 1 aromatic heterocycles. The van der Waals surface area contributed by atoms with Crippen molar-refractivity contribution in [1.82, 2.24) is 14.9 Å². The molecule has 1 aliphatic rings. The molecule has 0 bridgehead atoms. The maximum Gasteiger partial charge on any atom is 0.0829 e. The van der Waals surface area contributed by atoms with Gasteiger partial charge in [0.15, 0.2) is 0 Å². The van der Waals surface area contributed by atoms with Crippen molar-refractivity contribution < 1.29 is 0 Å². The average molecular weight is 239 g/mol. The summed E-state index contributed by atoms with van der Waals surface area (Å²) in [6.45, 7) is 7.70. The van der Waals surface area contributed by atoms with Crippen molar-refractivity contribution in [2.45, 2.75) is 52.0 Å². The van der Waals surface area contributed by atoms with Crippen LogP contribution in [0.3, 0.4) is 0 Å². The molecule has 0 amide bonds. The Labute approximate surface area is 102 Å². The Bertz CT molecular complexity index is 331. The van der Waals surface area contributed by atoms with Crippen LogP contribution < -0.4 is 5.32 Å². The fourth-order valence-electron chi connectivity index (χ4n) is 2.02. The van der Waals surface area contributed by atoms with Gasteiger partial charge in [-0.25, -0.2) is 0 Å². The van der Waals surface area contributed by atoms with E-state index in [1.807, 2.05) is 0 Å². The van der Waals surface area contributed by atoms with Crippen molar-refractivity contribution in [2.75, 3.05) is 6.54 Å². The second kappa shape index (κ2) is 5.23. The van der Waals surface area contributed by atoms with Crippen LogP contribution in [0.5, 0.6) is 0 Å². The minimum absolute atomic E-state index is 0.485. The minimum atomic E-state index is 0.485. The molecule has 0 saturated heterocycles. The van der Waals surface area contributed by atoms with E-state index in [1.54, 1.807) is 11.5 Å². The molecule has 2 rings (SSSR count). The van der Waals surface area contributed by atoms with Gasteiger partial charge in [0, 0.05) is 6.04 Å². The molecule has 4 heteroatoms. The number of nitrogens with one attached hydrogen (secondary N) is 1. The molecule has 1 N–H and O–H groups in total. The van der Waals surface area contributed by atoms with Crippen molar-refractivity contribution in [3.8, 4) is 0 Å². The predicted octanol–water partition coefficient (Wildman–Crippen LogP) is 3.11. The van der Waals surface area contributed by atoms with E-state index >= 15 is 0 Å². The van der Waals surface area contributed by atoms with Crippen molar-refractivity contribution in [3.63, 3.8) is 0 Å². The van der Waals surface area contributed by atoms with E-state index in [1.165, 1.54) is 29.8 Å². The maximum absolute atomic E-state index is 4.28. The van der Waals surface area contributed by atoms with Gasteiger partial charge in [0.2, 0.25) is 0 Å². The summed E-state index contributed by atoms with van der Waals surface area (Å²) in [6, 6.07) is 0.511. The van der Waals surface area contributed by atoms with Gasteiger partial charge >= 0.3 is 0 Å². The first-order valence-electron chi connectivity index (χ1n) is 6.29. The van der Waals surface area contributed by atoms with Crippen LogP contribution >= 0.6 is 11.5 Å². The van der Waals surface area contributed by atoms with Gasteiger partial charge < -0.3 is 5.32 Å². The molecule has 1 atom stereocenters. The highest BCUT2D eigenvalue weighted by atomic mass is 32.1. The highest BCUT2D eigenvalue weighted by Crippen LogP contribution is 2.43. The molecule has 1 heterocycles. The third-order valence-corrected chi connectivity index (χ3v) is 3.90. The van der Waals surface area contributed by atoms with Crippen LogP contribution in [0.2, 0.25) is 0 Å². The Morgan fingerprint density at radius 2 is 2.19 bits per heavy atom. The lowest BCUT2D eigenvalue weighted by Gasteiger charge is -2.17. The molecule has 0 spiro atoms. The summed E-state index contributed by atoms with van der Waals surface area (Å²) in [4.78, 5) is 1.38. The first-order chi connectivity index (χ1) is 7.74. The summed E-state index contributed by atoms with van der Waals surface area (Å²) in [7, 11) is 0. The SMILES string of the molecule is CCCNC(c1snnc1C(C)C)C1CC1. The summed E-state index contributed by atoms with van der Waals surface area (Å²) in [5, 5.41) is 7.94. The standard InChI is InChI=1S/C12H21N3S/c1-4-7-13-11(9-5-6-9)12-10(8(2)3)14-15-16-12/h8-9,11,13H,4-7H2,1-3H3. The van der Waals surface area contributed by atoms with Crippen LogP contribution in [-0.4, -0.2) is 16.1 Å². The lowest BCUT2D eigenvalue weighted by Crippen LogP contribution is -2.24. The number of aromatic nitrogens is 2. The largest absolute Gasteiger partial charge is 0.309 e. The third-order valence-electron chi connectivity index (χ3n) is 3.08. The monoisotopic (exact) mass is 239 g/mol. The Morgan fingerprint density at radius 1 is 1.44 bits per heavy atom. The van der Waals surface area contributed by atoms with E-state index in [0.29, 0.717) is 12.0 Å². The van der Waals surface area contributed by atoms with E-state index in [-0.39, 0.29) is 0 Å². The van der Waals surface area contributed by atoms with Crippen LogP contribution in [0.4, 0.5) is 0 Å². The molecule has 0 aliphatic heterocycles. The summed E-state index contributed by atoms with van der Waals surface area (Å²) in [5.41, 5.74) is 1.20. The van der Waals surface area contributed by atoms with Gasteiger partial charge in [0.1, 0.15) is 0 Å². The maximum atomic E-state index is 4.28. The van der Waals surface area contributed by atoms with E-state index in [0.717, 1.165) is 12.5 Å². The second-order valence-corrected chi connectivity index (χ2v) is 5.73. The quantitative estimate of drug-likeness (QED) is 0.829. The minimum Gasteiger partial charge on any atom is -0.309 e. The lowest BCUT2D eigenvalue weighted by atomic mass is 10.0. The van der Waals surface area contributed by atoms with Crippen LogP contribution in [-0.2, 0) is 0 Å². The fourth-order valence-corrected chi connectivity index (χ4v) is 3.00. The normalized spacial score (nSPS) is 18.0. The fraction of sp³-hybridized carbons (Fsp3) is 0.833. The third kappa shape index (κ3) is 2.61. The van der Waals surface area contributed by atoms with Crippen molar-refractivity contribution in [1.29, 1.82) is 0 Å². The van der Waals surface area contributed by atoms with Gasteiger partial charge in [0.25, 0.3) is 0 Å². The van der Waals surface area contributed by atoms with Gasteiger partial charge in [-0.05, 0) is 49.2 Å². The molecule has 1 fully saturated rings. The molecule has 3 nitrogen and oxygen atoms in total. The summed E-state index contributed by atoms with van der Waals surface area (Å²) >= 11 is 1.58. The highest BCUT2D eigenvalue weighted by Gasteiger charge is 2.35. The smallest absolute Gasteiger partial charge is 0.0829 e. The highest BCUT2D eigenvalue weighted by molar-refractivity contribution is 7.05. The first-order valence-corrected chi connectivity index (χ1v) is 7.06. The molecule has 1 unspecified atom stereocenters. The Hall–Kier alpha value is -0.480. The van der Waals surface area contributed by atoms with E-state index in [2.05, 4.69) is 35.7 Å². The van der Waals surface area contributed by atoms with Gasteiger partial charge in [-0.3, -0.25) is 0 Å². The van der Waals surface area contributed by atoms with Gasteiger partial charge in [-0.1, -0.05) is 25.3 Å². The molecule has 90 valence electrons. The molecule has 1 saturated carbocycles. The summed E-state index contributed by atoms with van der Waals surface area (Å²) in [5.74, 6) is 1.31. The van der Waals surface area contributed by atoms with Crippen molar-refractivity contribution in [3.05, 3.63) is 10.6 Å². The summed E-state index contributed by atoms with van der Waals surface area (Å²) < 4.78 is 4.13. The second-order valence-electron chi connectivity index (χ2n) is 4.95. The Balaban J connectivity index is 2.14. The number of hydrogen-bond acceptors (Lipinski definition) is 4. The van der Waals surface area contributed by atoms with Gasteiger partial charge in [-0.15, -0.1) is 5.10 Å². The Morgan fingerprint density at radius 3 is 2.75 bits per heavy atom. The van der Waals surface area contributed by atoms with E-state index in [4.69, 9.17) is 0 Å². The molecular weight excluding hydrogens is 218 g/mol. The van der Waals surface area contributed by atoms with Gasteiger partial charge in [0.05, 0.1) is 10.6 Å². The summed E-state index contributed by atoms with van der Waals surface area (Å²) in [6.07, 6.45) is 3.90. The molecule has 16 heavy (non-hydrogen) atoms. The molecule has 1 aromatic rings. The Kier molecular flexibility index (Phi) is 3.92. The molecular formula is C12H21N3S. The zero-order chi connectivity index (χ0) is 11.5. The topological polar surface area (TPSA) is 37.8 Å². The van der Waals surface area contributed by atoms with Gasteiger partial charge in [-0.2, -0.15) is 0 Å². The number of rotatable bonds is 6. The van der Waals surface area contributed by atoms with Crippen LogP contribution in [0.15, 0.2) is 0 Å². The number of hydrogen-bond donors (Lipinski definition) is 1. The molecule has 0 radical (unpaired) electrons. The molecule has 0 aromatic carbocycles. The number of nitrogens with zero attached hydrogens (tertiary/aromatic N) is 2. The van der Waals surface area contributed by atoms with Crippen LogP contribution in [0, 0.1) is 5.92 Å². The average Bonchev–Trinajstić information content (AvgIpc) is 2.96. The van der Waals surface area contributed by atoms with E-state index in [9.17, 15) is 0 Å². The lowest BCUT2D eigenvalue weighted by molar-refractivity contribution is 0.482. The predicted molar refractivity (Wildman–Crippen MR) is 67.8 cm³/mol. The molecule has 1 aliphatic carbocycles. The zero-order valence-electron chi connectivity index (χ0n) is 10.4. The van der Waals surface area contributed by atoms with Crippen LogP contribution in [0.1, 0.15) is 62.6 Å². The van der Waals surface area contributed by atoms with Crippen molar-refractivity contribution in [2.24, 2.45) is 5.92 Å². The van der Waals surface area contributed by atoms with Crippen LogP contribution in [0.25, 0.3) is 0 Å². The van der Waals surface area contributed by atoms with Crippen molar-refractivity contribution >= 4 is 11.5 Å². The van der Waals surface area contributed by atoms with E-state index < -0.39 is 0 Å².